The van der Waals surface area contributed by atoms with Crippen LogP contribution in [-0.4, -0.2) is 30.3 Å². The summed E-state index contributed by atoms with van der Waals surface area (Å²) < 4.78 is 43.4. The van der Waals surface area contributed by atoms with Gasteiger partial charge in [-0.1, -0.05) is 19.1 Å². The van der Waals surface area contributed by atoms with Crippen molar-refractivity contribution in [3.63, 3.8) is 0 Å². The molecular weight excluding hydrogens is 465 g/mol. The van der Waals surface area contributed by atoms with Gasteiger partial charge in [0.05, 0.1) is 28.7 Å². The molecule has 1 N–H and O–H groups in total. The zero-order valence-electron chi connectivity index (χ0n) is 18.8. The molecule has 2 aliphatic rings. The van der Waals surface area contributed by atoms with E-state index < -0.39 is 30.2 Å². The van der Waals surface area contributed by atoms with E-state index in [4.69, 9.17) is 4.74 Å². The van der Waals surface area contributed by atoms with E-state index in [-0.39, 0.29) is 40.6 Å². The van der Waals surface area contributed by atoms with Gasteiger partial charge in [0, 0.05) is 5.69 Å². The van der Waals surface area contributed by atoms with Gasteiger partial charge in [0.1, 0.15) is 0 Å². The lowest BCUT2D eigenvalue weighted by atomic mass is 9.76. The van der Waals surface area contributed by atoms with Crippen molar-refractivity contribution in [1.29, 1.82) is 0 Å². The summed E-state index contributed by atoms with van der Waals surface area (Å²) in [7, 11) is 0. The highest BCUT2D eigenvalue weighted by Crippen LogP contribution is 2.42. The molecule has 0 aromatic heterocycles. The Morgan fingerprint density at radius 2 is 1.74 bits per heavy atom. The molecule has 1 aliphatic carbocycles. The fraction of sp³-hybridized carbons (Fsp3) is 0.360. The molecule has 7 nitrogen and oxygen atoms in total. The molecule has 2 fully saturated rings. The van der Waals surface area contributed by atoms with Crippen LogP contribution in [0.4, 0.5) is 24.5 Å². The highest BCUT2D eigenvalue weighted by Gasteiger charge is 2.50. The second-order valence-electron chi connectivity index (χ2n) is 8.90. The van der Waals surface area contributed by atoms with Crippen molar-refractivity contribution in [3.05, 3.63) is 59.7 Å². The van der Waals surface area contributed by atoms with Crippen LogP contribution in [0.5, 0.6) is 0 Å². The van der Waals surface area contributed by atoms with E-state index in [2.05, 4.69) is 12.2 Å². The summed E-state index contributed by atoms with van der Waals surface area (Å²) in [4.78, 5) is 51.5. The Bertz CT molecular complexity index is 1180. The fourth-order valence-electron chi connectivity index (χ4n) is 4.60. The highest BCUT2D eigenvalue weighted by atomic mass is 19.4. The predicted molar refractivity (Wildman–Crippen MR) is 119 cm³/mol. The monoisotopic (exact) mass is 488 g/mol. The fourth-order valence-corrected chi connectivity index (χ4v) is 4.60. The van der Waals surface area contributed by atoms with Crippen LogP contribution in [0.1, 0.15) is 42.1 Å². The van der Waals surface area contributed by atoms with Crippen molar-refractivity contribution in [1.82, 2.24) is 0 Å². The number of amides is 3. The topological polar surface area (TPSA) is 92.8 Å². The van der Waals surface area contributed by atoms with Gasteiger partial charge in [0.25, 0.3) is 5.91 Å². The van der Waals surface area contributed by atoms with E-state index in [1.54, 1.807) is 6.07 Å². The molecule has 1 heterocycles. The first-order valence-electron chi connectivity index (χ1n) is 11.2. The number of rotatable bonds is 5. The minimum Gasteiger partial charge on any atom is -0.452 e. The van der Waals surface area contributed by atoms with Gasteiger partial charge in [0.2, 0.25) is 11.8 Å². The number of fused-ring (bicyclic) bond motifs is 1. The van der Waals surface area contributed by atoms with E-state index in [0.29, 0.717) is 18.8 Å². The van der Waals surface area contributed by atoms with Gasteiger partial charge in [-0.25, -0.2) is 4.79 Å². The standard InChI is InChI=1S/C25H23F3N2O5/c1-14-8-9-19-20(10-14)23(33)30(22(19)32)18-7-2-4-15(11-18)24(34)35-13-21(31)29-17-6-3-5-16(12-17)25(26,27)28/h2-7,11-12,14,19-20H,8-10,13H2,1H3,(H,29,31)/t14-,19+,20+/m1/s1. The lowest BCUT2D eigenvalue weighted by molar-refractivity contribution is -0.137. The Balaban J connectivity index is 1.39. The van der Waals surface area contributed by atoms with Crippen molar-refractivity contribution in [2.45, 2.75) is 32.4 Å². The first-order chi connectivity index (χ1) is 16.5. The molecule has 0 spiro atoms. The average Bonchev–Trinajstić information content (AvgIpc) is 3.06. The molecule has 1 saturated carbocycles. The van der Waals surface area contributed by atoms with Crippen molar-refractivity contribution in [2.24, 2.45) is 17.8 Å². The average molecular weight is 488 g/mol. The third kappa shape index (κ3) is 5.21. The Labute approximate surface area is 199 Å². The summed E-state index contributed by atoms with van der Waals surface area (Å²) in [5, 5.41) is 2.25. The maximum atomic E-state index is 12.9. The van der Waals surface area contributed by atoms with Crippen LogP contribution in [-0.2, 0) is 25.3 Å². The first kappa shape index (κ1) is 24.4. The van der Waals surface area contributed by atoms with Gasteiger partial charge >= 0.3 is 12.1 Å². The van der Waals surface area contributed by atoms with Gasteiger partial charge < -0.3 is 10.1 Å². The van der Waals surface area contributed by atoms with Gasteiger partial charge in [-0.3, -0.25) is 19.3 Å². The number of benzene rings is 2. The molecule has 1 aliphatic heterocycles. The summed E-state index contributed by atoms with van der Waals surface area (Å²) in [5.41, 5.74) is -0.739. The Kier molecular flexibility index (Phi) is 6.64. The number of ether oxygens (including phenoxy) is 1. The number of imide groups is 1. The summed E-state index contributed by atoms with van der Waals surface area (Å²) in [6, 6.07) is 9.88. The Morgan fingerprint density at radius 1 is 1.03 bits per heavy atom. The number of hydrogen-bond donors (Lipinski definition) is 1. The normalized spacial score (nSPS) is 22.1. The molecule has 4 rings (SSSR count). The molecule has 0 bridgehead atoms. The van der Waals surface area contributed by atoms with Crippen LogP contribution in [0.2, 0.25) is 0 Å². The van der Waals surface area contributed by atoms with Gasteiger partial charge in [-0.2, -0.15) is 13.2 Å². The first-order valence-corrected chi connectivity index (χ1v) is 11.2. The second-order valence-corrected chi connectivity index (χ2v) is 8.90. The van der Waals surface area contributed by atoms with Crippen LogP contribution in [0.3, 0.4) is 0 Å². The van der Waals surface area contributed by atoms with E-state index in [0.717, 1.165) is 29.5 Å². The minimum atomic E-state index is -4.56. The number of hydrogen-bond acceptors (Lipinski definition) is 5. The van der Waals surface area contributed by atoms with Crippen LogP contribution in [0.25, 0.3) is 0 Å². The summed E-state index contributed by atoms with van der Waals surface area (Å²) in [6.45, 7) is 1.32. The number of carbonyl (C=O) groups is 4. The molecule has 0 unspecified atom stereocenters. The molecular formula is C25H23F3N2O5. The molecule has 1 saturated heterocycles. The SMILES string of the molecule is C[C@@H]1CC[C@@H]2C(=O)N(c3cccc(C(=O)OCC(=O)Nc4cccc(C(F)(F)F)c4)c3)C(=O)[C@H]2C1. The quantitative estimate of drug-likeness (QED) is 0.497. The van der Waals surface area contributed by atoms with Crippen LogP contribution >= 0.6 is 0 Å². The number of alkyl halides is 3. The molecule has 3 amide bonds. The molecule has 2 aromatic rings. The van der Waals surface area contributed by atoms with Crippen molar-refractivity contribution in [3.8, 4) is 0 Å². The summed E-state index contributed by atoms with van der Waals surface area (Å²) in [5.74, 6) is -2.62. The molecule has 2 aromatic carbocycles. The predicted octanol–water partition coefficient (Wildman–Crippen LogP) is 4.43. The smallest absolute Gasteiger partial charge is 0.416 e. The Hall–Kier alpha value is -3.69. The van der Waals surface area contributed by atoms with Gasteiger partial charge in [-0.15, -0.1) is 0 Å². The van der Waals surface area contributed by atoms with Gasteiger partial charge in [-0.05, 0) is 61.6 Å². The van der Waals surface area contributed by atoms with E-state index in [9.17, 15) is 32.3 Å². The molecule has 184 valence electrons. The molecule has 35 heavy (non-hydrogen) atoms. The lowest BCUT2D eigenvalue weighted by Gasteiger charge is -2.25. The lowest BCUT2D eigenvalue weighted by Crippen LogP contribution is -2.31. The zero-order valence-corrected chi connectivity index (χ0v) is 18.8. The van der Waals surface area contributed by atoms with Crippen molar-refractivity contribution >= 4 is 35.1 Å². The molecule has 10 heteroatoms. The maximum absolute atomic E-state index is 12.9. The molecule has 3 atom stereocenters. The largest absolute Gasteiger partial charge is 0.452 e. The van der Waals surface area contributed by atoms with Crippen molar-refractivity contribution in [2.75, 3.05) is 16.8 Å². The van der Waals surface area contributed by atoms with E-state index in [1.165, 1.54) is 24.3 Å². The number of halogens is 3. The van der Waals surface area contributed by atoms with Crippen LogP contribution in [0.15, 0.2) is 48.5 Å². The van der Waals surface area contributed by atoms with E-state index in [1.807, 2.05) is 0 Å². The highest BCUT2D eigenvalue weighted by molar-refractivity contribution is 6.22. The van der Waals surface area contributed by atoms with Crippen LogP contribution in [0, 0.1) is 17.8 Å². The number of nitrogens with one attached hydrogen (secondary N) is 1. The van der Waals surface area contributed by atoms with Crippen molar-refractivity contribution < 1.29 is 37.1 Å². The number of nitrogens with zero attached hydrogens (tertiary/aromatic N) is 1. The zero-order chi connectivity index (χ0) is 25.3. The number of anilines is 2. The summed E-state index contributed by atoms with van der Waals surface area (Å²) in [6.07, 6.45) is -2.39. The number of esters is 1. The third-order valence-electron chi connectivity index (χ3n) is 6.34. The Morgan fingerprint density at radius 3 is 2.49 bits per heavy atom. The molecule has 0 radical (unpaired) electrons. The maximum Gasteiger partial charge on any atom is 0.416 e. The minimum absolute atomic E-state index is 0.0261. The summed E-state index contributed by atoms with van der Waals surface area (Å²) >= 11 is 0. The second kappa shape index (κ2) is 9.52. The van der Waals surface area contributed by atoms with E-state index >= 15 is 0 Å². The third-order valence-corrected chi connectivity index (χ3v) is 6.34. The number of carbonyl (C=O) groups excluding carboxylic acids is 4. The van der Waals surface area contributed by atoms with Crippen LogP contribution < -0.4 is 10.2 Å². The van der Waals surface area contributed by atoms with Gasteiger partial charge in [0.15, 0.2) is 6.61 Å².